The molecule has 1 saturated carbocycles. The van der Waals surface area contributed by atoms with E-state index in [0.717, 1.165) is 19.3 Å². The van der Waals surface area contributed by atoms with Crippen LogP contribution < -0.4 is 11.1 Å². The van der Waals surface area contributed by atoms with Crippen molar-refractivity contribution in [2.45, 2.75) is 19.3 Å². The van der Waals surface area contributed by atoms with Crippen LogP contribution in [-0.4, -0.2) is 30.0 Å². The molecule has 0 bridgehead atoms. The minimum atomic E-state index is -0.168. The zero-order valence-electron chi connectivity index (χ0n) is 8.12. The van der Waals surface area contributed by atoms with Gasteiger partial charge in [0.15, 0.2) is 0 Å². The average Bonchev–Trinajstić information content (AvgIpc) is 2.62. The van der Waals surface area contributed by atoms with Crippen LogP contribution >= 0.6 is 0 Å². The molecule has 0 unspecified atom stereocenters. The van der Waals surface area contributed by atoms with E-state index in [1.165, 1.54) is 0 Å². The van der Waals surface area contributed by atoms with E-state index in [0.29, 0.717) is 0 Å². The van der Waals surface area contributed by atoms with Gasteiger partial charge in [-0.2, -0.15) is 0 Å². The third-order valence-corrected chi connectivity index (χ3v) is 2.66. The van der Waals surface area contributed by atoms with Crippen molar-refractivity contribution in [3.8, 4) is 0 Å². The number of aliphatic hydroxyl groups is 1. The lowest BCUT2D eigenvalue weighted by Crippen LogP contribution is -2.38. The number of hydrogen-bond donors (Lipinski definition) is 4. The van der Waals surface area contributed by atoms with Crippen LogP contribution in [0.5, 0.6) is 0 Å². The van der Waals surface area contributed by atoms with Gasteiger partial charge in [0, 0.05) is 18.4 Å². The molecule has 0 spiro atoms. The van der Waals surface area contributed by atoms with Gasteiger partial charge in [-0.3, -0.25) is 10.2 Å². The number of rotatable bonds is 4. The van der Waals surface area contributed by atoms with E-state index in [9.17, 15) is 4.79 Å². The Balaban J connectivity index is 2.49. The Kier molecular flexibility index (Phi) is 3.88. The van der Waals surface area contributed by atoms with Crippen LogP contribution in [0.15, 0.2) is 0 Å². The molecule has 0 aliphatic heterocycles. The van der Waals surface area contributed by atoms with Gasteiger partial charge in [-0.1, -0.05) is 6.42 Å². The number of aliphatic hydroxyl groups excluding tert-OH is 1. The van der Waals surface area contributed by atoms with Crippen molar-refractivity contribution < 1.29 is 9.90 Å². The zero-order chi connectivity index (χ0) is 10.6. The van der Waals surface area contributed by atoms with Gasteiger partial charge in [-0.25, -0.2) is 0 Å². The maximum Gasteiger partial charge on any atom is 0.223 e. The van der Waals surface area contributed by atoms with Gasteiger partial charge in [0.25, 0.3) is 0 Å². The van der Waals surface area contributed by atoms with Crippen molar-refractivity contribution in [3.05, 3.63) is 0 Å². The van der Waals surface area contributed by atoms with E-state index in [-0.39, 0.29) is 36.7 Å². The third-order valence-electron chi connectivity index (χ3n) is 2.66. The lowest BCUT2D eigenvalue weighted by molar-refractivity contribution is -0.125. The molecule has 1 aliphatic carbocycles. The molecule has 0 saturated heterocycles. The monoisotopic (exact) mass is 199 g/mol. The molecule has 0 aromatic rings. The van der Waals surface area contributed by atoms with Crippen LogP contribution in [0.25, 0.3) is 0 Å². The van der Waals surface area contributed by atoms with Crippen molar-refractivity contribution in [1.82, 2.24) is 5.32 Å². The van der Waals surface area contributed by atoms with Crippen LogP contribution in [0.3, 0.4) is 0 Å². The van der Waals surface area contributed by atoms with Crippen molar-refractivity contribution in [2.24, 2.45) is 17.6 Å². The summed E-state index contributed by atoms with van der Waals surface area (Å²) in [6, 6.07) is 0. The minimum absolute atomic E-state index is 0.0524. The van der Waals surface area contributed by atoms with E-state index in [4.69, 9.17) is 16.2 Å². The highest BCUT2D eigenvalue weighted by Gasteiger charge is 2.34. The molecule has 14 heavy (non-hydrogen) atoms. The molecule has 0 radical (unpaired) electrons. The second-order valence-electron chi connectivity index (χ2n) is 3.61. The van der Waals surface area contributed by atoms with Crippen molar-refractivity contribution in [2.75, 3.05) is 13.2 Å². The molecule has 0 heterocycles. The molecule has 0 aromatic heterocycles. The Morgan fingerprint density at radius 2 is 2.14 bits per heavy atom. The molecule has 1 fully saturated rings. The van der Waals surface area contributed by atoms with Gasteiger partial charge < -0.3 is 16.2 Å². The standard InChI is InChI=1S/C9H17N3O2/c10-8(11)6-2-1-3-7(6)9(14)12-4-5-13/h6-7,13H,1-5H2,(H3,10,11)(H,12,14)/t6-,7+/m1/s1. The highest BCUT2D eigenvalue weighted by molar-refractivity contribution is 5.88. The Hall–Kier alpha value is -1.10. The Morgan fingerprint density at radius 1 is 1.50 bits per heavy atom. The fourth-order valence-electron chi connectivity index (χ4n) is 1.96. The Morgan fingerprint density at radius 3 is 2.71 bits per heavy atom. The maximum absolute atomic E-state index is 11.5. The number of amidine groups is 1. The molecule has 5 N–H and O–H groups in total. The van der Waals surface area contributed by atoms with E-state index < -0.39 is 0 Å². The van der Waals surface area contributed by atoms with Crippen LogP contribution in [0.4, 0.5) is 0 Å². The SMILES string of the molecule is N=C(N)[C@@H]1CCC[C@@H]1C(=O)NCCO. The van der Waals surface area contributed by atoms with Gasteiger partial charge in [0.05, 0.1) is 12.4 Å². The molecule has 5 heteroatoms. The smallest absolute Gasteiger partial charge is 0.223 e. The zero-order valence-corrected chi connectivity index (χ0v) is 8.12. The number of nitrogens with one attached hydrogen (secondary N) is 2. The molecule has 1 rings (SSSR count). The van der Waals surface area contributed by atoms with Gasteiger partial charge in [-0.05, 0) is 12.8 Å². The van der Waals surface area contributed by atoms with Gasteiger partial charge >= 0.3 is 0 Å². The largest absolute Gasteiger partial charge is 0.395 e. The average molecular weight is 199 g/mol. The quantitative estimate of drug-likeness (QED) is 0.361. The fourth-order valence-corrected chi connectivity index (χ4v) is 1.96. The summed E-state index contributed by atoms with van der Waals surface area (Å²) in [6.07, 6.45) is 2.56. The molecule has 5 nitrogen and oxygen atoms in total. The van der Waals surface area contributed by atoms with Gasteiger partial charge in [0.2, 0.25) is 5.91 Å². The number of hydrogen-bond acceptors (Lipinski definition) is 3. The molecule has 2 atom stereocenters. The molecular formula is C9H17N3O2. The maximum atomic E-state index is 11.5. The first-order chi connectivity index (χ1) is 6.66. The van der Waals surface area contributed by atoms with E-state index in [1.54, 1.807) is 0 Å². The summed E-state index contributed by atoms with van der Waals surface area (Å²) in [5.74, 6) is -0.254. The Bertz CT molecular complexity index is 230. The summed E-state index contributed by atoms with van der Waals surface area (Å²) in [7, 11) is 0. The lowest BCUT2D eigenvalue weighted by Gasteiger charge is -2.17. The predicted molar refractivity (Wildman–Crippen MR) is 52.8 cm³/mol. The fraction of sp³-hybridized carbons (Fsp3) is 0.778. The summed E-state index contributed by atoms with van der Waals surface area (Å²) in [4.78, 5) is 11.5. The van der Waals surface area contributed by atoms with E-state index in [1.807, 2.05) is 0 Å². The first-order valence-corrected chi connectivity index (χ1v) is 4.89. The third kappa shape index (κ3) is 2.45. The van der Waals surface area contributed by atoms with Gasteiger partial charge in [0.1, 0.15) is 0 Å². The summed E-state index contributed by atoms with van der Waals surface area (Å²) >= 11 is 0. The molecular weight excluding hydrogens is 182 g/mol. The topological polar surface area (TPSA) is 99.2 Å². The second kappa shape index (κ2) is 4.95. The molecule has 1 aliphatic rings. The van der Waals surface area contributed by atoms with E-state index >= 15 is 0 Å². The van der Waals surface area contributed by atoms with E-state index in [2.05, 4.69) is 5.32 Å². The van der Waals surface area contributed by atoms with Crippen LogP contribution in [-0.2, 0) is 4.79 Å². The molecule has 80 valence electrons. The first kappa shape index (κ1) is 11.0. The number of carbonyl (C=O) groups is 1. The normalized spacial score (nSPS) is 26.1. The van der Waals surface area contributed by atoms with Crippen molar-refractivity contribution in [3.63, 3.8) is 0 Å². The number of nitrogens with two attached hydrogens (primary N) is 1. The molecule has 1 amide bonds. The summed E-state index contributed by atoms with van der Waals surface area (Å²) < 4.78 is 0. The second-order valence-corrected chi connectivity index (χ2v) is 3.61. The summed E-state index contributed by atoms with van der Waals surface area (Å²) in [5, 5.41) is 18.5. The highest BCUT2D eigenvalue weighted by atomic mass is 16.3. The van der Waals surface area contributed by atoms with Gasteiger partial charge in [-0.15, -0.1) is 0 Å². The number of amides is 1. The lowest BCUT2D eigenvalue weighted by atomic mass is 9.94. The molecule has 0 aromatic carbocycles. The minimum Gasteiger partial charge on any atom is -0.395 e. The summed E-state index contributed by atoms with van der Waals surface area (Å²) in [5.41, 5.74) is 5.41. The first-order valence-electron chi connectivity index (χ1n) is 4.89. The van der Waals surface area contributed by atoms with Crippen molar-refractivity contribution in [1.29, 1.82) is 5.41 Å². The predicted octanol–water partition coefficient (Wildman–Crippen LogP) is -0.553. The highest BCUT2D eigenvalue weighted by Crippen LogP contribution is 2.31. The Labute approximate surface area is 83.2 Å². The van der Waals surface area contributed by atoms with Crippen LogP contribution in [0.1, 0.15) is 19.3 Å². The van der Waals surface area contributed by atoms with Crippen LogP contribution in [0.2, 0.25) is 0 Å². The van der Waals surface area contributed by atoms with Crippen LogP contribution in [0, 0.1) is 17.2 Å². The number of carbonyl (C=O) groups excluding carboxylic acids is 1. The summed E-state index contributed by atoms with van der Waals surface area (Å²) in [6.45, 7) is 0.225. The van der Waals surface area contributed by atoms with Crippen molar-refractivity contribution >= 4 is 11.7 Å².